The van der Waals surface area contributed by atoms with E-state index in [1.54, 1.807) is 12.1 Å². The van der Waals surface area contributed by atoms with E-state index in [2.05, 4.69) is 52.1 Å². The molecule has 0 bridgehead atoms. The molecule has 0 saturated carbocycles. The maximum Gasteiger partial charge on any atom is 0.231 e. The summed E-state index contributed by atoms with van der Waals surface area (Å²) >= 11 is 6.40. The van der Waals surface area contributed by atoms with Crippen LogP contribution in [0.4, 0.5) is 11.5 Å². The Kier molecular flexibility index (Phi) is 4.43. The van der Waals surface area contributed by atoms with E-state index in [9.17, 15) is 4.79 Å². The van der Waals surface area contributed by atoms with Gasteiger partial charge in [-0.25, -0.2) is 9.97 Å². The third-order valence-electron chi connectivity index (χ3n) is 2.15. The minimum Gasteiger partial charge on any atom is -0.397 e. The molecule has 0 saturated heterocycles. The molecule has 3 N–H and O–H groups in total. The lowest BCUT2D eigenvalue weighted by atomic mass is 10.2. The Balaban J connectivity index is 2.03. The predicted octanol–water partition coefficient (Wildman–Crippen LogP) is 2.16. The van der Waals surface area contributed by atoms with Crippen molar-refractivity contribution in [1.29, 1.82) is 0 Å². The summed E-state index contributed by atoms with van der Waals surface area (Å²) in [5.41, 5.74) is 6.72. The lowest BCUT2D eigenvalue weighted by Crippen LogP contribution is -2.16. The number of carbonyl (C=O) groups is 1. The first-order chi connectivity index (χ1) is 9.04. The highest BCUT2D eigenvalue weighted by Crippen LogP contribution is 2.19. The third kappa shape index (κ3) is 3.97. The molecule has 0 spiro atoms. The van der Waals surface area contributed by atoms with Crippen LogP contribution in [0.2, 0.25) is 0 Å². The quantitative estimate of drug-likeness (QED) is 0.842. The first-order valence-electron chi connectivity index (χ1n) is 5.23. The van der Waals surface area contributed by atoms with Gasteiger partial charge in [0.1, 0.15) is 9.21 Å². The van der Waals surface area contributed by atoms with Crippen molar-refractivity contribution in [2.45, 2.75) is 6.42 Å². The minimum absolute atomic E-state index is 0.143. The van der Waals surface area contributed by atoms with E-state index in [1.807, 2.05) is 0 Å². The predicted molar refractivity (Wildman–Crippen MR) is 78.4 cm³/mol. The maximum atomic E-state index is 11.8. The second-order valence-electron chi connectivity index (χ2n) is 3.64. The number of anilines is 2. The number of pyridine rings is 1. The van der Waals surface area contributed by atoms with Gasteiger partial charge in [0, 0.05) is 5.69 Å². The molecule has 2 aromatic rings. The number of nitrogens with two attached hydrogens (primary N) is 1. The number of nitrogen functional groups attached to an aromatic ring is 1. The zero-order valence-electron chi connectivity index (χ0n) is 9.60. The fourth-order valence-corrected chi connectivity index (χ4v) is 2.22. The Morgan fingerprint density at radius 1 is 1.26 bits per heavy atom. The molecule has 98 valence electrons. The fraction of sp³-hybridized carbons (Fsp3) is 0.0909. The van der Waals surface area contributed by atoms with E-state index in [4.69, 9.17) is 5.73 Å². The van der Waals surface area contributed by atoms with Crippen molar-refractivity contribution < 1.29 is 4.79 Å². The molecule has 0 aromatic carbocycles. The molecule has 0 radical (unpaired) electrons. The van der Waals surface area contributed by atoms with E-state index >= 15 is 0 Å². The van der Waals surface area contributed by atoms with Crippen LogP contribution >= 0.6 is 31.9 Å². The fourth-order valence-electron chi connectivity index (χ4n) is 1.31. The second kappa shape index (κ2) is 6.07. The summed E-state index contributed by atoms with van der Waals surface area (Å²) in [7, 11) is 0. The van der Waals surface area contributed by atoms with Crippen molar-refractivity contribution in [3.8, 4) is 0 Å². The zero-order chi connectivity index (χ0) is 13.8. The standard InChI is InChI=1S/C11H9Br2N5O/c12-8-5-16-11(10(13)17-8)18-9(19)3-7-2-1-6(14)4-15-7/h1-2,4-5H,3,14H2,(H,16,18,19). The highest BCUT2D eigenvalue weighted by molar-refractivity contribution is 9.11. The third-order valence-corrected chi connectivity index (χ3v) is 3.08. The van der Waals surface area contributed by atoms with Gasteiger partial charge < -0.3 is 11.1 Å². The summed E-state index contributed by atoms with van der Waals surface area (Å²) in [6, 6.07) is 3.40. The number of hydrogen-bond acceptors (Lipinski definition) is 5. The molecular weight excluding hydrogens is 378 g/mol. The summed E-state index contributed by atoms with van der Waals surface area (Å²) in [6.45, 7) is 0. The molecule has 8 heteroatoms. The molecule has 0 fully saturated rings. The number of carbonyl (C=O) groups excluding carboxylic acids is 1. The molecule has 0 aliphatic carbocycles. The van der Waals surface area contributed by atoms with Crippen LogP contribution in [0.15, 0.2) is 33.7 Å². The average molecular weight is 387 g/mol. The number of amides is 1. The summed E-state index contributed by atoms with van der Waals surface area (Å²) in [5.74, 6) is 0.137. The second-order valence-corrected chi connectivity index (χ2v) is 5.20. The molecule has 2 rings (SSSR count). The number of halogens is 2. The largest absolute Gasteiger partial charge is 0.397 e. The highest BCUT2D eigenvalue weighted by atomic mass is 79.9. The number of nitrogens with one attached hydrogen (secondary N) is 1. The highest BCUT2D eigenvalue weighted by Gasteiger charge is 2.09. The van der Waals surface area contributed by atoms with Gasteiger partial charge >= 0.3 is 0 Å². The molecule has 19 heavy (non-hydrogen) atoms. The smallest absolute Gasteiger partial charge is 0.231 e. The van der Waals surface area contributed by atoms with Gasteiger partial charge in [0.2, 0.25) is 5.91 Å². The van der Waals surface area contributed by atoms with Crippen molar-refractivity contribution in [3.05, 3.63) is 39.4 Å². The number of nitrogens with zero attached hydrogens (tertiary/aromatic N) is 3. The lowest BCUT2D eigenvalue weighted by Gasteiger charge is -2.05. The number of rotatable bonds is 3. The zero-order valence-corrected chi connectivity index (χ0v) is 12.8. The normalized spacial score (nSPS) is 10.2. The molecular formula is C11H9Br2N5O. The maximum absolute atomic E-state index is 11.8. The number of hydrogen-bond donors (Lipinski definition) is 2. The van der Waals surface area contributed by atoms with Gasteiger partial charge in [-0.05, 0) is 44.0 Å². The molecule has 2 heterocycles. The molecule has 0 unspecified atom stereocenters. The molecule has 0 aliphatic rings. The van der Waals surface area contributed by atoms with Crippen molar-refractivity contribution in [2.75, 3.05) is 11.1 Å². The molecule has 2 aromatic heterocycles. The van der Waals surface area contributed by atoms with Crippen LogP contribution < -0.4 is 11.1 Å². The SMILES string of the molecule is Nc1ccc(CC(=O)Nc2ncc(Br)nc2Br)nc1. The summed E-state index contributed by atoms with van der Waals surface area (Å²) < 4.78 is 1.04. The van der Waals surface area contributed by atoms with Crippen molar-refractivity contribution in [1.82, 2.24) is 15.0 Å². The van der Waals surface area contributed by atoms with Gasteiger partial charge in [0.05, 0.1) is 24.5 Å². The Hall–Kier alpha value is -1.54. The van der Waals surface area contributed by atoms with Crippen molar-refractivity contribution in [2.24, 2.45) is 0 Å². The minimum atomic E-state index is -0.227. The Morgan fingerprint density at radius 2 is 2.05 bits per heavy atom. The molecule has 0 atom stereocenters. The van der Waals surface area contributed by atoms with E-state index in [0.29, 0.717) is 26.4 Å². The van der Waals surface area contributed by atoms with Gasteiger partial charge in [0.25, 0.3) is 0 Å². The lowest BCUT2D eigenvalue weighted by molar-refractivity contribution is -0.115. The van der Waals surface area contributed by atoms with Gasteiger partial charge in [-0.1, -0.05) is 0 Å². The first kappa shape index (κ1) is 13.9. The van der Waals surface area contributed by atoms with E-state index in [-0.39, 0.29) is 12.3 Å². The van der Waals surface area contributed by atoms with Crippen LogP contribution in [0.5, 0.6) is 0 Å². The van der Waals surface area contributed by atoms with Crippen LogP contribution in [0.1, 0.15) is 5.69 Å². The van der Waals surface area contributed by atoms with Crippen LogP contribution in [0.25, 0.3) is 0 Å². The molecule has 6 nitrogen and oxygen atoms in total. The van der Waals surface area contributed by atoms with E-state index < -0.39 is 0 Å². The summed E-state index contributed by atoms with van der Waals surface area (Å²) in [4.78, 5) is 24.0. The van der Waals surface area contributed by atoms with Gasteiger partial charge in [-0.3, -0.25) is 9.78 Å². The first-order valence-corrected chi connectivity index (χ1v) is 6.81. The van der Waals surface area contributed by atoms with Gasteiger partial charge in [-0.15, -0.1) is 0 Å². The monoisotopic (exact) mass is 385 g/mol. The molecule has 0 aliphatic heterocycles. The van der Waals surface area contributed by atoms with Crippen LogP contribution in [-0.2, 0) is 11.2 Å². The van der Waals surface area contributed by atoms with Gasteiger partial charge in [-0.2, -0.15) is 0 Å². The Labute approximate surface area is 126 Å². The molecule has 1 amide bonds. The van der Waals surface area contributed by atoms with E-state index in [0.717, 1.165) is 0 Å². The van der Waals surface area contributed by atoms with Gasteiger partial charge in [0.15, 0.2) is 5.82 Å². The van der Waals surface area contributed by atoms with Crippen LogP contribution in [-0.4, -0.2) is 20.9 Å². The Morgan fingerprint density at radius 3 is 2.68 bits per heavy atom. The summed E-state index contributed by atoms with van der Waals surface area (Å²) in [5, 5.41) is 2.65. The topological polar surface area (TPSA) is 93.8 Å². The Bertz CT molecular complexity index is 603. The van der Waals surface area contributed by atoms with Crippen molar-refractivity contribution in [3.63, 3.8) is 0 Å². The van der Waals surface area contributed by atoms with Crippen molar-refractivity contribution >= 4 is 49.3 Å². The average Bonchev–Trinajstić information content (AvgIpc) is 2.36. The number of aromatic nitrogens is 3. The van der Waals surface area contributed by atoms with Crippen LogP contribution in [0.3, 0.4) is 0 Å². The van der Waals surface area contributed by atoms with Crippen LogP contribution in [0, 0.1) is 0 Å². The summed E-state index contributed by atoms with van der Waals surface area (Å²) in [6.07, 6.45) is 3.16. The van der Waals surface area contributed by atoms with E-state index in [1.165, 1.54) is 12.4 Å².